The van der Waals surface area contributed by atoms with Crippen LogP contribution in [0.5, 0.6) is 23.0 Å². The van der Waals surface area contributed by atoms with E-state index in [4.69, 9.17) is 4.42 Å². The van der Waals surface area contributed by atoms with E-state index in [0.717, 1.165) is 6.07 Å². The predicted octanol–water partition coefficient (Wildman–Crippen LogP) is 2.59. The maximum absolute atomic E-state index is 12.4. The number of benzene rings is 2. The molecule has 22 heavy (non-hydrogen) atoms. The van der Waals surface area contributed by atoms with Gasteiger partial charge in [0.1, 0.15) is 28.2 Å². The van der Waals surface area contributed by atoms with Crippen molar-refractivity contribution in [2.45, 2.75) is 6.92 Å². The van der Waals surface area contributed by atoms with E-state index in [1.165, 1.54) is 31.2 Å². The highest BCUT2D eigenvalue weighted by molar-refractivity contribution is 5.87. The van der Waals surface area contributed by atoms with Gasteiger partial charge in [0.15, 0.2) is 16.9 Å². The maximum atomic E-state index is 12.4. The lowest BCUT2D eigenvalue weighted by atomic mass is 10.0. The van der Waals surface area contributed by atoms with Gasteiger partial charge in [0.2, 0.25) is 0 Å². The third kappa shape index (κ3) is 2.01. The average molecular weight is 300 g/mol. The Morgan fingerprint density at radius 3 is 2.32 bits per heavy atom. The van der Waals surface area contributed by atoms with Crippen molar-refractivity contribution in [3.8, 4) is 34.3 Å². The number of phenols is 4. The molecule has 0 fully saturated rings. The molecule has 3 aromatic rings. The molecule has 0 aliphatic heterocycles. The van der Waals surface area contributed by atoms with Gasteiger partial charge >= 0.3 is 0 Å². The Morgan fingerprint density at radius 1 is 0.909 bits per heavy atom. The lowest BCUT2D eigenvalue weighted by Crippen LogP contribution is -2.07. The third-order valence-corrected chi connectivity index (χ3v) is 3.42. The van der Waals surface area contributed by atoms with Gasteiger partial charge in [0.25, 0.3) is 0 Å². The second kappa shape index (κ2) is 4.70. The number of phenolic OH excluding ortho intramolecular Hbond substituents is 4. The smallest absolute Gasteiger partial charge is 0.199 e. The van der Waals surface area contributed by atoms with E-state index in [-0.39, 0.29) is 45.3 Å². The van der Waals surface area contributed by atoms with Crippen LogP contribution in [0.2, 0.25) is 0 Å². The van der Waals surface area contributed by atoms with Gasteiger partial charge in [-0.2, -0.15) is 0 Å². The van der Waals surface area contributed by atoms with Crippen LogP contribution >= 0.6 is 0 Å². The van der Waals surface area contributed by atoms with Gasteiger partial charge in [0.05, 0.1) is 0 Å². The van der Waals surface area contributed by atoms with Gasteiger partial charge in [-0.1, -0.05) is 0 Å². The van der Waals surface area contributed by atoms with Crippen LogP contribution in [0.1, 0.15) is 5.56 Å². The molecule has 2 aromatic carbocycles. The molecule has 0 aliphatic rings. The first kappa shape index (κ1) is 13.8. The molecule has 0 amide bonds. The van der Waals surface area contributed by atoms with Gasteiger partial charge in [0, 0.05) is 23.3 Å². The molecule has 0 bridgehead atoms. The standard InChI is InChI=1S/C16H12O6/c1-7-15(21)14-12(20)5-9(17)6-13(14)22-16(7)8-2-3-10(18)11(19)4-8/h2-6,17-20H,1H3. The molecular weight excluding hydrogens is 288 g/mol. The van der Waals surface area contributed by atoms with Crippen LogP contribution in [0.4, 0.5) is 0 Å². The number of fused-ring (bicyclic) bond motifs is 1. The first-order chi connectivity index (χ1) is 10.4. The maximum Gasteiger partial charge on any atom is 0.199 e. The quantitative estimate of drug-likeness (QED) is 0.514. The van der Waals surface area contributed by atoms with Gasteiger partial charge in [-0.25, -0.2) is 0 Å². The van der Waals surface area contributed by atoms with Crippen molar-refractivity contribution in [2.24, 2.45) is 0 Å². The van der Waals surface area contributed by atoms with Crippen LogP contribution in [-0.4, -0.2) is 20.4 Å². The normalized spacial score (nSPS) is 11.0. The zero-order valence-electron chi connectivity index (χ0n) is 11.5. The van der Waals surface area contributed by atoms with Crippen molar-refractivity contribution in [3.63, 3.8) is 0 Å². The summed E-state index contributed by atoms with van der Waals surface area (Å²) < 4.78 is 5.60. The van der Waals surface area contributed by atoms with E-state index < -0.39 is 5.43 Å². The van der Waals surface area contributed by atoms with E-state index in [1.54, 1.807) is 0 Å². The lowest BCUT2D eigenvalue weighted by molar-refractivity contribution is 0.404. The summed E-state index contributed by atoms with van der Waals surface area (Å²) in [5, 5.41) is 38.2. The summed E-state index contributed by atoms with van der Waals surface area (Å²) in [6.45, 7) is 1.52. The molecule has 6 nitrogen and oxygen atoms in total. The molecule has 0 saturated carbocycles. The number of hydrogen-bond acceptors (Lipinski definition) is 6. The molecule has 0 spiro atoms. The molecule has 112 valence electrons. The van der Waals surface area contributed by atoms with Gasteiger partial charge < -0.3 is 24.8 Å². The SMILES string of the molecule is Cc1c(-c2ccc(O)c(O)c2)oc2cc(O)cc(O)c2c1=O. The molecule has 0 unspecified atom stereocenters. The highest BCUT2D eigenvalue weighted by Gasteiger charge is 2.17. The first-order valence-electron chi connectivity index (χ1n) is 6.40. The molecular formula is C16H12O6. The minimum atomic E-state index is -0.443. The fourth-order valence-corrected chi connectivity index (χ4v) is 2.31. The number of rotatable bonds is 1. The Hall–Kier alpha value is -3.15. The summed E-state index contributed by atoms with van der Waals surface area (Å²) >= 11 is 0. The molecule has 0 atom stereocenters. The largest absolute Gasteiger partial charge is 0.508 e. The van der Waals surface area contributed by atoms with E-state index >= 15 is 0 Å². The predicted molar refractivity (Wildman–Crippen MR) is 79.3 cm³/mol. The Balaban J connectivity index is 2.38. The molecule has 1 heterocycles. The van der Waals surface area contributed by atoms with Gasteiger partial charge in [-0.05, 0) is 25.1 Å². The third-order valence-electron chi connectivity index (χ3n) is 3.42. The topological polar surface area (TPSA) is 111 Å². The zero-order chi connectivity index (χ0) is 16.0. The van der Waals surface area contributed by atoms with E-state index in [9.17, 15) is 25.2 Å². The molecule has 1 aromatic heterocycles. The summed E-state index contributed by atoms with van der Waals surface area (Å²) in [5.41, 5.74) is 0.199. The summed E-state index contributed by atoms with van der Waals surface area (Å²) in [6.07, 6.45) is 0. The fraction of sp³-hybridized carbons (Fsp3) is 0.0625. The minimum Gasteiger partial charge on any atom is -0.508 e. The van der Waals surface area contributed by atoms with Gasteiger partial charge in [-0.15, -0.1) is 0 Å². The Labute approximate surface area is 124 Å². The molecule has 6 heteroatoms. The van der Waals surface area contributed by atoms with Crippen LogP contribution < -0.4 is 5.43 Å². The highest BCUT2D eigenvalue weighted by Crippen LogP contribution is 2.35. The molecule has 3 rings (SSSR count). The molecule has 0 aliphatic carbocycles. The van der Waals surface area contributed by atoms with Crippen molar-refractivity contribution in [2.75, 3.05) is 0 Å². The summed E-state index contributed by atoms with van der Waals surface area (Å²) in [5.74, 6) is -1.07. The number of aromatic hydroxyl groups is 4. The zero-order valence-corrected chi connectivity index (χ0v) is 11.5. The van der Waals surface area contributed by atoms with E-state index in [0.29, 0.717) is 5.56 Å². The van der Waals surface area contributed by atoms with Crippen molar-refractivity contribution in [1.82, 2.24) is 0 Å². The Bertz CT molecular complexity index is 955. The fourth-order valence-electron chi connectivity index (χ4n) is 2.31. The molecule has 0 radical (unpaired) electrons. The number of hydrogen-bond donors (Lipinski definition) is 4. The van der Waals surface area contributed by atoms with Gasteiger partial charge in [-0.3, -0.25) is 4.79 Å². The van der Waals surface area contributed by atoms with Crippen LogP contribution in [0.15, 0.2) is 39.5 Å². The van der Waals surface area contributed by atoms with Crippen molar-refractivity contribution < 1.29 is 24.8 Å². The second-order valence-electron chi connectivity index (χ2n) is 4.93. The summed E-state index contributed by atoms with van der Waals surface area (Å²) in [6, 6.07) is 6.29. The highest BCUT2D eigenvalue weighted by atomic mass is 16.3. The van der Waals surface area contributed by atoms with Crippen LogP contribution in [-0.2, 0) is 0 Å². The van der Waals surface area contributed by atoms with Crippen LogP contribution in [0, 0.1) is 6.92 Å². The van der Waals surface area contributed by atoms with Crippen LogP contribution in [0.3, 0.4) is 0 Å². The van der Waals surface area contributed by atoms with Crippen molar-refractivity contribution >= 4 is 11.0 Å². The van der Waals surface area contributed by atoms with E-state index in [2.05, 4.69) is 0 Å². The Morgan fingerprint density at radius 2 is 1.64 bits per heavy atom. The summed E-state index contributed by atoms with van der Waals surface area (Å²) in [7, 11) is 0. The lowest BCUT2D eigenvalue weighted by Gasteiger charge is -2.09. The Kier molecular flexibility index (Phi) is 2.95. The van der Waals surface area contributed by atoms with Crippen LogP contribution in [0.25, 0.3) is 22.3 Å². The molecule has 0 saturated heterocycles. The van der Waals surface area contributed by atoms with E-state index in [1.807, 2.05) is 0 Å². The average Bonchev–Trinajstić information content (AvgIpc) is 2.45. The molecule has 4 N–H and O–H groups in total. The second-order valence-corrected chi connectivity index (χ2v) is 4.93. The van der Waals surface area contributed by atoms with Crippen molar-refractivity contribution in [1.29, 1.82) is 0 Å². The first-order valence-corrected chi connectivity index (χ1v) is 6.40. The van der Waals surface area contributed by atoms with Crippen molar-refractivity contribution in [3.05, 3.63) is 46.1 Å². The minimum absolute atomic E-state index is 0.0238. The summed E-state index contributed by atoms with van der Waals surface area (Å²) in [4.78, 5) is 12.4. The monoisotopic (exact) mass is 300 g/mol.